The number of hydrogen-bond acceptors (Lipinski definition) is 5. The summed E-state index contributed by atoms with van der Waals surface area (Å²) in [6, 6.07) is 15.7. The Bertz CT molecular complexity index is 996. The average Bonchev–Trinajstić information content (AvgIpc) is 3.40. The molecule has 0 aliphatic carbocycles. The number of rotatable bonds is 7. The Morgan fingerprint density at radius 1 is 1.21 bits per heavy atom. The maximum atomic E-state index is 12.4. The van der Waals surface area contributed by atoms with Crippen LogP contribution < -0.4 is 21.0 Å². The van der Waals surface area contributed by atoms with Crippen LogP contribution in [-0.4, -0.2) is 29.8 Å². The maximum absolute atomic E-state index is 12.4. The standard InChI is InChI=1S/C22H25N5O2/c1-2-11-29-17-9-7-15(8-10-17)20-12-21(26-25-20)22(28)27-24-14-16-13-23-19-6-4-3-5-18(16)19/h3-10,13-14,20-21,23,25-26H,2,11-12H2,1H3,(H,27,28)/b24-14+. The van der Waals surface area contributed by atoms with Crippen molar-refractivity contribution in [3.63, 3.8) is 0 Å². The Kier molecular flexibility index (Phi) is 5.88. The van der Waals surface area contributed by atoms with E-state index >= 15 is 0 Å². The molecule has 0 saturated carbocycles. The van der Waals surface area contributed by atoms with E-state index in [1.54, 1.807) is 6.21 Å². The molecule has 29 heavy (non-hydrogen) atoms. The first-order valence-corrected chi connectivity index (χ1v) is 9.87. The molecular weight excluding hydrogens is 366 g/mol. The summed E-state index contributed by atoms with van der Waals surface area (Å²) in [5, 5.41) is 5.18. The summed E-state index contributed by atoms with van der Waals surface area (Å²) in [5.41, 5.74) is 11.9. The Morgan fingerprint density at radius 2 is 2.03 bits per heavy atom. The van der Waals surface area contributed by atoms with Gasteiger partial charge in [0.15, 0.2) is 0 Å². The molecule has 3 aromatic rings. The lowest BCUT2D eigenvalue weighted by atomic mass is 10.0. The zero-order valence-corrected chi connectivity index (χ0v) is 16.3. The number of aromatic amines is 1. The fraction of sp³-hybridized carbons (Fsp3) is 0.273. The van der Waals surface area contributed by atoms with Gasteiger partial charge in [-0.2, -0.15) is 5.10 Å². The second-order valence-electron chi connectivity index (χ2n) is 7.07. The van der Waals surface area contributed by atoms with Crippen molar-refractivity contribution in [3.8, 4) is 5.75 Å². The second-order valence-corrected chi connectivity index (χ2v) is 7.07. The summed E-state index contributed by atoms with van der Waals surface area (Å²) in [6.07, 6.45) is 5.16. The van der Waals surface area contributed by atoms with Gasteiger partial charge in [0.05, 0.1) is 12.8 Å². The molecule has 1 fully saturated rings. The molecule has 1 aromatic heterocycles. The molecule has 0 spiro atoms. The smallest absolute Gasteiger partial charge is 0.258 e. The minimum atomic E-state index is -0.351. The highest BCUT2D eigenvalue weighted by Crippen LogP contribution is 2.24. The number of nitrogens with zero attached hydrogens (tertiary/aromatic N) is 1. The zero-order chi connectivity index (χ0) is 20.1. The van der Waals surface area contributed by atoms with Crippen LogP contribution in [0.3, 0.4) is 0 Å². The molecule has 2 aromatic carbocycles. The Balaban J connectivity index is 1.31. The molecule has 2 unspecified atom stereocenters. The number of nitrogens with one attached hydrogen (secondary N) is 4. The van der Waals surface area contributed by atoms with Gasteiger partial charge in [0.25, 0.3) is 5.91 Å². The lowest BCUT2D eigenvalue weighted by Crippen LogP contribution is -2.41. The van der Waals surface area contributed by atoms with E-state index in [2.05, 4.69) is 33.3 Å². The van der Waals surface area contributed by atoms with Crippen molar-refractivity contribution >= 4 is 23.0 Å². The summed E-state index contributed by atoms with van der Waals surface area (Å²) in [6.45, 7) is 2.79. The number of amides is 1. The fourth-order valence-electron chi connectivity index (χ4n) is 3.41. The summed E-state index contributed by atoms with van der Waals surface area (Å²) in [4.78, 5) is 15.6. The zero-order valence-electron chi connectivity index (χ0n) is 16.3. The predicted octanol–water partition coefficient (Wildman–Crippen LogP) is 3.01. The first-order chi connectivity index (χ1) is 14.2. The van der Waals surface area contributed by atoms with E-state index in [1.807, 2.05) is 54.7 Å². The second kappa shape index (κ2) is 8.89. The number of hydrazine groups is 1. The monoisotopic (exact) mass is 391 g/mol. The van der Waals surface area contributed by atoms with Crippen molar-refractivity contribution in [2.24, 2.45) is 5.10 Å². The third kappa shape index (κ3) is 4.47. The summed E-state index contributed by atoms with van der Waals surface area (Å²) < 4.78 is 5.62. The van der Waals surface area contributed by atoms with Gasteiger partial charge in [-0.25, -0.2) is 16.3 Å². The highest BCUT2D eigenvalue weighted by molar-refractivity contribution is 5.99. The first-order valence-electron chi connectivity index (χ1n) is 9.87. The predicted molar refractivity (Wildman–Crippen MR) is 114 cm³/mol. The highest BCUT2D eigenvalue weighted by atomic mass is 16.5. The Labute approximate surface area is 169 Å². The first kappa shape index (κ1) is 19.2. The van der Waals surface area contributed by atoms with Crippen LogP contribution in [0.15, 0.2) is 59.8 Å². The lowest BCUT2D eigenvalue weighted by Gasteiger charge is -2.11. The molecule has 0 radical (unpaired) electrons. The van der Waals surface area contributed by atoms with Crippen LogP contribution in [-0.2, 0) is 4.79 Å². The van der Waals surface area contributed by atoms with Gasteiger partial charge in [-0.3, -0.25) is 4.79 Å². The fourth-order valence-corrected chi connectivity index (χ4v) is 3.41. The number of hydrazone groups is 1. The van der Waals surface area contributed by atoms with Gasteiger partial charge in [-0.15, -0.1) is 0 Å². The van der Waals surface area contributed by atoms with Crippen molar-refractivity contribution in [2.45, 2.75) is 31.8 Å². The number of carbonyl (C=O) groups is 1. The van der Waals surface area contributed by atoms with Gasteiger partial charge >= 0.3 is 0 Å². The molecule has 2 heterocycles. The molecule has 1 aliphatic rings. The van der Waals surface area contributed by atoms with Crippen molar-refractivity contribution in [1.29, 1.82) is 0 Å². The number of ether oxygens (including phenoxy) is 1. The van der Waals surface area contributed by atoms with Gasteiger partial charge in [0.1, 0.15) is 11.8 Å². The van der Waals surface area contributed by atoms with Crippen LogP contribution in [0.5, 0.6) is 5.75 Å². The maximum Gasteiger partial charge on any atom is 0.258 e. The van der Waals surface area contributed by atoms with Gasteiger partial charge in [-0.05, 0) is 36.6 Å². The molecular formula is C22H25N5O2. The van der Waals surface area contributed by atoms with Gasteiger partial charge in [0.2, 0.25) is 0 Å². The molecule has 1 amide bonds. The van der Waals surface area contributed by atoms with Crippen molar-refractivity contribution in [1.82, 2.24) is 21.3 Å². The quantitative estimate of drug-likeness (QED) is 0.368. The van der Waals surface area contributed by atoms with Gasteiger partial charge in [-0.1, -0.05) is 37.3 Å². The van der Waals surface area contributed by atoms with Crippen LogP contribution in [0.4, 0.5) is 0 Å². The normalized spacial score (nSPS) is 19.1. The van der Waals surface area contributed by atoms with E-state index in [0.717, 1.165) is 34.2 Å². The molecule has 7 heteroatoms. The number of hydrogen-bond donors (Lipinski definition) is 4. The third-order valence-corrected chi connectivity index (χ3v) is 4.97. The number of para-hydroxylation sites is 1. The molecule has 4 rings (SSSR count). The molecule has 1 aliphatic heterocycles. The molecule has 7 nitrogen and oxygen atoms in total. The largest absolute Gasteiger partial charge is 0.494 e. The van der Waals surface area contributed by atoms with Crippen LogP contribution in [0.1, 0.15) is 36.9 Å². The molecule has 0 bridgehead atoms. The minimum Gasteiger partial charge on any atom is -0.494 e. The Hall–Kier alpha value is -3.16. The average molecular weight is 391 g/mol. The van der Waals surface area contributed by atoms with Gasteiger partial charge in [0, 0.05) is 28.7 Å². The highest BCUT2D eigenvalue weighted by Gasteiger charge is 2.30. The van der Waals surface area contributed by atoms with Crippen LogP contribution in [0, 0.1) is 0 Å². The molecule has 2 atom stereocenters. The van der Waals surface area contributed by atoms with Crippen LogP contribution in [0.2, 0.25) is 0 Å². The molecule has 1 saturated heterocycles. The summed E-state index contributed by atoms with van der Waals surface area (Å²) in [5.74, 6) is 0.696. The van der Waals surface area contributed by atoms with Crippen molar-refractivity contribution in [3.05, 3.63) is 65.9 Å². The Morgan fingerprint density at radius 3 is 2.86 bits per heavy atom. The summed E-state index contributed by atoms with van der Waals surface area (Å²) >= 11 is 0. The number of carbonyl (C=O) groups excluding carboxylic acids is 1. The number of fused-ring (bicyclic) bond motifs is 1. The molecule has 150 valence electrons. The number of benzene rings is 2. The number of aromatic nitrogens is 1. The minimum absolute atomic E-state index is 0.0589. The summed E-state index contributed by atoms with van der Waals surface area (Å²) in [7, 11) is 0. The van der Waals surface area contributed by atoms with E-state index in [1.165, 1.54) is 0 Å². The lowest BCUT2D eigenvalue weighted by molar-refractivity contribution is -0.122. The van der Waals surface area contributed by atoms with Crippen LogP contribution in [0.25, 0.3) is 10.9 Å². The van der Waals surface area contributed by atoms with E-state index in [9.17, 15) is 4.79 Å². The van der Waals surface area contributed by atoms with E-state index in [4.69, 9.17) is 4.74 Å². The topological polar surface area (TPSA) is 90.5 Å². The number of H-pyrrole nitrogens is 1. The van der Waals surface area contributed by atoms with Crippen molar-refractivity contribution < 1.29 is 9.53 Å². The van der Waals surface area contributed by atoms with Crippen molar-refractivity contribution in [2.75, 3.05) is 6.61 Å². The SMILES string of the molecule is CCCOc1ccc(C2CC(C(=O)N/N=C/c3c[nH]c4ccccc34)NN2)cc1. The molecule has 4 N–H and O–H groups in total. The van der Waals surface area contributed by atoms with E-state index in [0.29, 0.717) is 13.0 Å². The van der Waals surface area contributed by atoms with Crippen LogP contribution >= 0.6 is 0 Å². The van der Waals surface area contributed by atoms with E-state index in [-0.39, 0.29) is 18.0 Å². The van der Waals surface area contributed by atoms with Gasteiger partial charge < -0.3 is 9.72 Å². The third-order valence-electron chi connectivity index (χ3n) is 4.97. The van der Waals surface area contributed by atoms with E-state index < -0.39 is 0 Å².